The maximum absolute atomic E-state index is 9.31. The number of rotatable bonds is 3. The second kappa shape index (κ2) is 4.35. The summed E-state index contributed by atoms with van der Waals surface area (Å²) in [6.07, 6.45) is 3.50. The molecule has 0 amide bonds. The minimum absolute atomic E-state index is 0.252. The van der Waals surface area contributed by atoms with Gasteiger partial charge in [0.15, 0.2) is 0 Å². The Morgan fingerprint density at radius 3 is 3.00 bits per heavy atom. The van der Waals surface area contributed by atoms with E-state index in [0.717, 1.165) is 11.3 Å². The number of halogens is 1. The first kappa shape index (κ1) is 10.0. The molecule has 0 atom stereocenters. The van der Waals surface area contributed by atoms with Crippen molar-refractivity contribution in [3.63, 3.8) is 0 Å². The molecule has 0 bridgehead atoms. The second-order valence-electron chi connectivity index (χ2n) is 3.13. The van der Waals surface area contributed by atoms with Crippen molar-refractivity contribution in [2.24, 2.45) is 0 Å². The standard InChI is InChI=1S/C10H10BrN3O/c11-9-3-7(1-2-10(9)15)4-12-8-5-13-14-6-8/h1-3,5-6,12,15H,4H2,(H,13,14). The van der Waals surface area contributed by atoms with Gasteiger partial charge in [-0.2, -0.15) is 5.10 Å². The molecular formula is C10H10BrN3O. The van der Waals surface area contributed by atoms with Crippen LogP contribution in [0.4, 0.5) is 5.69 Å². The third-order valence-electron chi connectivity index (χ3n) is 2.01. The maximum Gasteiger partial charge on any atom is 0.129 e. The van der Waals surface area contributed by atoms with Crippen molar-refractivity contribution in [3.05, 3.63) is 40.6 Å². The third kappa shape index (κ3) is 2.50. The van der Waals surface area contributed by atoms with Gasteiger partial charge in [0.2, 0.25) is 0 Å². The number of aromatic hydroxyl groups is 1. The zero-order valence-electron chi connectivity index (χ0n) is 7.87. The topological polar surface area (TPSA) is 60.9 Å². The fourth-order valence-electron chi connectivity index (χ4n) is 1.21. The number of aromatic amines is 1. The number of hydrogen-bond acceptors (Lipinski definition) is 3. The average Bonchev–Trinajstić information content (AvgIpc) is 2.73. The number of hydrogen-bond donors (Lipinski definition) is 3. The lowest BCUT2D eigenvalue weighted by Gasteiger charge is -2.04. The van der Waals surface area contributed by atoms with Crippen LogP contribution in [0.15, 0.2) is 35.1 Å². The van der Waals surface area contributed by atoms with E-state index >= 15 is 0 Å². The summed E-state index contributed by atoms with van der Waals surface area (Å²) < 4.78 is 0.703. The summed E-state index contributed by atoms with van der Waals surface area (Å²) in [6.45, 7) is 0.693. The van der Waals surface area contributed by atoms with Gasteiger partial charge in [0.1, 0.15) is 5.75 Å². The van der Waals surface area contributed by atoms with Gasteiger partial charge in [0.05, 0.1) is 16.4 Å². The molecule has 1 aromatic heterocycles. The van der Waals surface area contributed by atoms with E-state index in [2.05, 4.69) is 31.4 Å². The molecule has 0 aliphatic carbocycles. The average molecular weight is 268 g/mol. The SMILES string of the molecule is Oc1ccc(CNc2cn[nH]c2)cc1Br. The van der Waals surface area contributed by atoms with Crippen molar-refractivity contribution in [1.29, 1.82) is 0 Å². The van der Waals surface area contributed by atoms with Gasteiger partial charge in [-0.05, 0) is 33.6 Å². The van der Waals surface area contributed by atoms with E-state index in [0.29, 0.717) is 11.0 Å². The van der Waals surface area contributed by atoms with Gasteiger partial charge in [0.25, 0.3) is 0 Å². The summed E-state index contributed by atoms with van der Waals surface area (Å²) in [6, 6.07) is 5.41. The molecule has 78 valence electrons. The Hall–Kier alpha value is -1.49. The molecule has 0 saturated carbocycles. The lowest BCUT2D eigenvalue weighted by atomic mass is 10.2. The molecule has 2 rings (SSSR count). The summed E-state index contributed by atoms with van der Waals surface area (Å²) in [5.41, 5.74) is 2.03. The van der Waals surface area contributed by atoms with Crippen molar-refractivity contribution in [2.75, 3.05) is 5.32 Å². The maximum atomic E-state index is 9.31. The van der Waals surface area contributed by atoms with E-state index in [9.17, 15) is 5.11 Å². The molecule has 2 aromatic rings. The number of phenolic OH excluding ortho intramolecular Hbond substituents is 1. The van der Waals surface area contributed by atoms with Crippen molar-refractivity contribution >= 4 is 21.6 Å². The monoisotopic (exact) mass is 267 g/mol. The van der Waals surface area contributed by atoms with E-state index in [4.69, 9.17) is 0 Å². The molecule has 3 N–H and O–H groups in total. The van der Waals surface area contributed by atoms with Crippen LogP contribution in [0.5, 0.6) is 5.75 Å². The number of H-pyrrole nitrogens is 1. The van der Waals surface area contributed by atoms with Gasteiger partial charge in [-0.3, -0.25) is 5.10 Å². The van der Waals surface area contributed by atoms with Gasteiger partial charge in [-0.1, -0.05) is 6.07 Å². The minimum atomic E-state index is 0.252. The molecule has 0 radical (unpaired) electrons. The van der Waals surface area contributed by atoms with Gasteiger partial charge in [-0.25, -0.2) is 0 Å². The van der Waals surface area contributed by atoms with Crippen molar-refractivity contribution in [3.8, 4) is 5.75 Å². The first-order chi connectivity index (χ1) is 7.25. The van der Waals surface area contributed by atoms with Gasteiger partial charge >= 0.3 is 0 Å². The number of benzene rings is 1. The molecule has 1 aromatic carbocycles. The number of aromatic nitrogens is 2. The second-order valence-corrected chi connectivity index (χ2v) is 3.98. The number of nitrogens with one attached hydrogen (secondary N) is 2. The zero-order valence-corrected chi connectivity index (χ0v) is 9.45. The predicted octanol–water partition coefficient (Wildman–Crippen LogP) is 2.49. The molecule has 0 aliphatic heterocycles. The van der Waals surface area contributed by atoms with Crippen LogP contribution in [0.1, 0.15) is 5.56 Å². The largest absolute Gasteiger partial charge is 0.507 e. The van der Waals surface area contributed by atoms with Crippen molar-refractivity contribution < 1.29 is 5.11 Å². The predicted molar refractivity (Wildman–Crippen MR) is 61.7 cm³/mol. The van der Waals surface area contributed by atoms with E-state index in [-0.39, 0.29) is 5.75 Å². The first-order valence-corrected chi connectivity index (χ1v) is 5.25. The van der Waals surface area contributed by atoms with Crippen LogP contribution in [-0.2, 0) is 6.54 Å². The molecule has 0 unspecified atom stereocenters. The number of nitrogens with zero attached hydrogens (tertiary/aromatic N) is 1. The summed E-state index contributed by atoms with van der Waals surface area (Å²) in [4.78, 5) is 0. The zero-order chi connectivity index (χ0) is 10.7. The first-order valence-electron chi connectivity index (χ1n) is 4.46. The third-order valence-corrected chi connectivity index (χ3v) is 2.64. The highest BCUT2D eigenvalue weighted by molar-refractivity contribution is 9.10. The molecule has 0 fully saturated rings. The smallest absolute Gasteiger partial charge is 0.129 e. The lowest BCUT2D eigenvalue weighted by Crippen LogP contribution is -1.97. The highest BCUT2D eigenvalue weighted by Crippen LogP contribution is 2.24. The quantitative estimate of drug-likeness (QED) is 0.801. The van der Waals surface area contributed by atoms with Crippen LogP contribution in [-0.4, -0.2) is 15.3 Å². The Kier molecular flexibility index (Phi) is 2.91. The van der Waals surface area contributed by atoms with Gasteiger partial charge in [-0.15, -0.1) is 0 Å². The van der Waals surface area contributed by atoms with E-state index < -0.39 is 0 Å². The Balaban J connectivity index is 2.02. The van der Waals surface area contributed by atoms with Gasteiger partial charge < -0.3 is 10.4 Å². The Morgan fingerprint density at radius 1 is 1.47 bits per heavy atom. The van der Waals surface area contributed by atoms with E-state index in [1.807, 2.05) is 12.1 Å². The van der Waals surface area contributed by atoms with Crippen LogP contribution in [0.2, 0.25) is 0 Å². The molecule has 0 spiro atoms. The summed E-state index contributed by atoms with van der Waals surface area (Å²) in [5, 5.41) is 19.1. The fourth-order valence-corrected chi connectivity index (χ4v) is 1.64. The van der Waals surface area contributed by atoms with Crippen molar-refractivity contribution in [2.45, 2.75) is 6.54 Å². The van der Waals surface area contributed by atoms with Crippen LogP contribution >= 0.6 is 15.9 Å². The molecule has 15 heavy (non-hydrogen) atoms. The van der Waals surface area contributed by atoms with Crippen molar-refractivity contribution in [1.82, 2.24) is 10.2 Å². The lowest BCUT2D eigenvalue weighted by molar-refractivity contribution is 0.471. The Labute approximate surface area is 95.5 Å². The van der Waals surface area contributed by atoms with Crippen LogP contribution in [0, 0.1) is 0 Å². The normalized spacial score (nSPS) is 10.2. The highest BCUT2D eigenvalue weighted by Gasteiger charge is 1.99. The molecular weight excluding hydrogens is 258 g/mol. The summed E-state index contributed by atoms with van der Waals surface area (Å²) in [5.74, 6) is 0.252. The minimum Gasteiger partial charge on any atom is -0.507 e. The molecule has 4 nitrogen and oxygen atoms in total. The van der Waals surface area contributed by atoms with Gasteiger partial charge in [0, 0.05) is 12.7 Å². The van der Waals surface area contributed by atoms with E-state index in [1.54, 1.807) is 18.5 Å². The van der Waals surface area contributed by atoms with Crippen LogP contribution in [0.3, 0.4) is 0 Å². The molecule has 0 saturated heterocycles. The Bertz CT molecular complexity index is 442. The number of anilines is 1. The molecule has 0 aliphatic rings. The summed E-state index contributed by atoms with van der Waals surface area (Å²) in [7, 11) is 0. The molecule has 1 heterocycles. The fraction of sp³-hybridized carbons (Fsp3) is 0.100. The van der Waals surface area contributed by atoms with Crippen LogP contribution in [0.25, 0.3) is 0 Å². The van der Waals surface area contributed by atoms with Crippen LogP contribution < -0.4 is 5.32 Å². The molecule has 5 heteroatoms. The highest BCUT2D eigenvalue weighted by atomic mass is 79.9. The Morgan fingerprint density at radius 2 is 2.33 bits per heavy atom. The van der Waals surface area contributed by atoms with E-state index in [1.165, 1.54) is 0 Å². The number of phenols is 1. The summed E-state index contributed by atoms with van der Waals surface area (Å²) >= 11 is 3.27.